The molecule has 0 spiro atoms. The molecule has 1 aliphatic rings. The van der Waals surface area contributed by atoms with Gasteiger partial charge in [0.1, 0.15) is 11.5 Å². The number of nitrogens with zero attached hydrogens (tertiary/aromatic N) is 1. The molecule has 0 saturated heterocycles. The number of amides is 2. The van der Waals surface area contributed by atoms with Gasteiger partial charge in [-0.15, -0.1) is 11.3 Å². The van der Waals surface area contributed by atoms with Gasteiger partial charge in [0.15, 0.2) is 0 Å². The van der Waals surface area contributed by atoms with Crippen molar-refractivity contribution in [3.8, 4) is 0 Å². The monoisotopic (exact) mass is 420 g/mol. The summed E-state index contributed by atoms with van der Waals surface area (Å²) in [6, 6.07) is 16.8. The quantitative estimate of drug-likeness (QED) is 0.561. The summed E-state index contributed by atoms with van der Waals surface area (Å²) in [6.45, 7) is 6.39. The molecule has 30 heavy (non-hydrogen) atoms. The van der Waals surface area contributed by atoms with Crippen molar-refractivity contribution in [3.05, 3.63) is 88.0 Å². The Balaban J connectivity index is 1.73. The van der Waals surface area contributed by atoms with Crippen molar-refractivity contribution in [1.29, 1.82) is 0 Å². The molecule has 152 valence electrons. The minimum atomic E-state index is -0.463. The van der Waals surface area contributed by atoms with Crippen LogP contribution in [0.4, 0.5) is 15.8 Å². The number of hydrogen-bond donors (Lipinski definition) is 1. The Hall–Kier alpha value is -3.25. The van der Waals surface area contributed by atoms with Crippen molar-refractivity contribution >= 4 is 40.1 Å². The second-order valence-corrected chi connectivity index (χ2v) is 9.05. The van der Waals surface area contributed by atoms with Crippen molar-refractivity contribution in [3.63, 3.8) is 0 Å². The van der Waals surface area contributed by atoms with Crippen LogP contribution >= 0.6 is 11.3 Å². The number of carbonyl (C=O) groups excluding carboxylic acids is 2. The molecular weight excluding hydrogens is 399 g/mol. The summed E-state index contributed by atoms with van der Waals surface area (Å²) in [7, 11) is 0. The number of hydrogen-bond acceptors (Lipinski definition) is 4. The highest BCUT2D eigenvalue weighted by molar-refractivity contribution is 7.11. The third kappa shape index (κ3) is 3.66. The van der Waals surface area contributed by atoms with E-state index in [0.717, 1.165) is 4.90 Å². The van der Waals surface area contributed by atoms with E-state index in [1.807, 2.05) is 41.8 Å². The molecule has 0 saturated carbocycles. The summed E-state index contributed by atoms with van der Waals surface area (Å²) in [5, 5.41) is 5.01. The lowest BCUT2D eigenvalue weighted by atomic mass is 9.87. The van der Waals surface area contributed by atoms with Crippen molar-refractivity contribution in [2.24, 2.45) is 0 Å². The van der Waals surface area contributed by atoms with Gasteiger partial charge in [-0.05, 0) is 58.8 Å². The normalized spacial score (nSPS) is 14.6. The first kappa shape index (κ1) is 20.0. The van der Waals surface area contributed by atoms with Gasteiger partial charge in [-0.3, -0.25) is 9.59 Å². The molecule has 2 aromatic carbocycles. The lowest BCUT2D eigenvalue weighted by Crippen LogP contribution is -2.32. The molecule has 3 aromatic rings. The first-order valence-corrected chi connectivity index (χ1v) is 10.4. The maximum Gasteiger partial charge on any atom is 0.282 e. The van der Waals surface area contributed by atoms with Crippen molar-refractivity contribution in [2.45, 2.75) is 26.2 Å². The van der Waals surface area contributed by atoms with Crippen LogP contribution in [0.1, 0.15) is 31.2 Å². The van der Waals surface area contributed by atoms with Crippen LogP contribution in [0.25, 0.3) is 5.57 Å². The van der Waals surface area contributed by atoms with E-state index >= 15 is 0 Å². The molecule has 2 heterocycles. The SMILES string of the molecule is CC(C)(C)c1ccc(NC2=C(c3cccs3)C(=O)N(c3ccc(F)cc3)C2=O)cc1. The van der Waals surface area contributed by atoms with E-state index in [1.54, 1.807) is 0 Å². The maximum absolute atomic E-state index is 13.3. The van der Waals surface area contributed by atoms with Gasteiger partial charge in [-0.25, -0.2) is 9.29 Å². The summed E-state index contributed by atoms with van der Waals surface area (Å²) >= 11 is 1.39. The van der Waals surface area contributed by atoms with Crippen molar-refractivity contribution in [2.75, 3.05) is 10.2 Å². The Labute approximate surface area is 178 Å². The van der Waals surface area contributed by atoms with E-state index in [4.69, 9.17) is 0 Å². The average molecular weight is 421 g/mol. The molecule has 4 rings (SSSR count). The Morgan fingerprint density at radius 1 is 0.900 bits per heavy atom. The van der Waals surface area contributed by atoms with E-state index in [1.165, 1.54) is 41.2 Å². The van der Waals surface area contributed by atoms with Crippen LogP contribution in [0.15, 0.2) is 71.7 Å². The second kappa shape index (κ2) is 7.54. The summed E-state index contributed by atoms with van der Waals surface area (Å²) in [4.78, 5) is 28.2. The Kier molecular flexibility index (Phi) is 5.03. The fraction of sp³-hybridized carbons (Fsp3) is 0.167. The van der Waals surface area contributed by atoms with E-state index in [9.17, 15) is 14.0 Å². The molecule has 0 radical (unpaired) electrons. The van der Waals surface area contributed by atoms with Gasteiger partial charge in [-0.1, -0.05) is 39.0 Å². The first-order valence-electron chi connectivity index (χ1n) is 9.56. The van der Waals surface area contributed by atoms with Crippen LogP contribution in [0.3, 0.4) is 0 Å². The van der Waals surface area contributed by atoms with E-state index in [-0.39, 0.29) is 11.1 Å². The van der Waals surface area contributed by atoms with Crippen LogP contribution in [0.2, 0.25) is 0 Å². The minimum absolute atomic E-state index is 0.0124. The summed E-state index contributed by atoms with van der Waals surface area (Å²) < 4.78 is 13.3. The number of carbonyl (C=O) groups is 2. The van der Waals surface area contributed by atoms with Gasteiger partial charge >= 0.3 is 0 Å². The average Bonchev–Trinajstić information content (AvgIpc) is 3.30. The minimum Gasteiger partial charge on any atom is -0.350 e. The zero-order valence-electron chi connectivity index (χ0n) is 16.9. The fourth-order valence-electron chi connectivity index (χ4n) is 3.32. The molecule has 0 atom stereocenters. The number of benzene rings is 2. The first-order chi connectivity index (χ1) is 14.3. The number of halogens is 1. The van der Waals surface area contributed by atoms with E-state index in [0.29, 0.717) is 21.8 Å². The van der Waals surface area contributed by atoms with Gasteiger partial charge in [0, 0.05) is 10.6 Å². The fourth-order valence-corrected chi connectivity index (χ4v) is 4.09. The van der Waals surface area contributed by atoms with E-state index in [2.05, 4.69) is 26.1 Å². The Morgan fingerprint density at radius 2 is 1.57 bits per heavy atom. The number of imide groups is 1. The molecule has 0 bridgehead atoms. The zero-order chi connectivity index (χ0) is 21.5. The molecule has 1 aliphatic heterocycles. The third-order valence-corrected chi connectivity index (χ3v) is 5.84. The lowest BCUT2D eigenvalue weighted by Gasteiger charge is -2.19. The van der Waals surface area contributed by atoms with Crippen LogP contribution in [-0.2, 0) is 15.0 Å². The summed E-state index contributed by atoms with van der Waals surface area (Å²) in [5.41, 5.74) is 2.77. The number of nitrogens with one attached hydrogen (secondary N) is 1. The van der Waals surface area contributed by atoms with Crippen molar-refractivity contribution < 1.29 is 14.0 Å². The van der Waals surface area contributed by atoms with Gasteiger partial charge in [0.2, 0.25) is 0 Å². The molecule has 0 fully saturated rings. The molecule has 1 aromatic heterocycles. The number of anilines is 2. The number of rotatable bonds is 4. The molecule has 0 aliphatic carbocycles. The molecule has 4 nitrogen and oxygen atoms in total. The smallest absolute Gasteiger partial charge is 0.282 e. The van der Waals surface area contributed by atoms with Crippen molar-refractivity contribution in [1.82, 2.24) is 0 Å². The second-order valence-electron chi connectivity index (χ2n) is 8.10. The van der Waals surface area contributed by atoms with Gasteiger partial charge in [0.05, 0.1) is 11.3 Å². The third-order valence-electron chi connectivity index (χ3n) is 4.96. The van der Waals surface area contributed by atoms with Gasteiger partial charge in [0.25, 0.3) is 11.8 Å². The highest BCUT2D eigenvalue weighted by Gasteiger charge is 2.40. The van der Waals surface area contributed by atoms with Crippen LogP contribution in [0, 0.1) is 5.82 Å². The Bertz CT molecular complexity index is 1130. The molecular formula is C24H21FN2O2S. The highest BCUT2D eigenvalue weighted by atomic mass is 32.1. The topological polar surface area (TPSA) is 49.4 Å². The highest BCUT2D eigenvalue weighted by Crippen LogP contribution is 2.35. The largest absolute Gasteiger partial charge is 0.350 e. The van der Waals surface area contributed by atoms with Crippen LogP contribution in [-0.4, -0.2) is 11.8 Å². The predicted molar refractivity (Wildman–Crippen MR) is 119 cm³/mol. The molecule has 1 N–H and O–H groups in total. The van der Waals surface area contributed by atoms with E-state index < -0.39 is 17.6 Å². The summed E-state index contributed by atoms with van der Waals surface area (Å²) in [5.74, 6) is -1.32. The predicted octanol–water partition coefficient (Wildman–Crippen LogP) is 5.58. The maximum atomic E-state index is 13.3. The molecule has 2 amide bonds. The number of thiophene rings is 1. The van der Waals surface area contributed by atoms with Gasteiger partial charge < -0.3 is 5.32 Å². The molecule has 0 unspecified atom stereocenters. The summed E-state index contributed by atoms with van der Waals surface area (Å²) in [6.07, 6.45) is 0. The molecule has 6 heteroatoms. The lowest BCUT2D eigenvalue weighted by molar-refractivity contribution is -0.120. The standard InChI is InChI=1S/C24H21FN2O2S/c1-24(2,3)15-6-10-17(11-7-15)26-21-20(19-5-4-14-30-19)22(28)27(23(21)29)18-12-8-16(25)9-13-18/h4-14,26H,1-3H3. The zero-order valence-corrected chi connectivity index (χ0v) is 17.7. The Morgan fingerprint density at radius 3 is 2.13 bits per heavy atom. The van der Waals surface area contributed by atoms with Gasteiger partial charge in [-0.2, -0.15) is 0 Å². The van der Waals surface area contributed by atoms with Crippen LogP contribution < -0.4 is 10.2 Å². The van der Waals surface area contributed by atoms with Crippen LogP contribution in [0.5, 0.6) is 0 Å².